The predicted octanol–water partition coefficient (Wildman–Crippen LogP) is 3.29. The molecule has 1 rings (SSSR count). The Morgan fingerprint density at radius 2 is 1.83 bits per heavy atom. The van der Waals surface area contributed by atoms with Crippen LogP contribution >= 0.6 is 11.6 Å². The zero-order valence-corrected chi connectivity index (χ0v) is 10.6. The second kappa shape index (κ2) is 6.09. The van der Waals surface area contributed by atoms with E-state index in [2.05, 4.69) is 0 Å². The molecule has 0 aliphatic rings. The fourth-order valence-corrected chi connectivity index (χ4v) is 1.65. The van der Waals surface area contributed by atoms with E-state index in [0.29, 0.717) is 12.1 Å². The van der Waals surface area contributed by atoms with Gasteiger partial charge in [0.15, 0.2) is 0 Å². The van der Waals surface area contributed by atoms with Crippen LogP contribution in [0.1, 0.15) is 18.1 Å². The third kappa shape index (κ3) is 3.91. The Balaban J connectivity index is 2.77. The minimum Gasteiger partial charge on any atom is -0.338 e. The molecule has 0 aliphatic carbocycles. The second-order valence-corrected chi connectivity index (χ2v) is 4.00. The lowest BCUT2D eigenvalue weighted by Gasteiger charge is -2.20. The zero-order valence-electron chi connectivity index (χ0n) is 9.80. The highest BCUT2D eigenvalue weighted by molar-refractivity contribution is 6.27. The summed E-state index contributed by atoms with van der Waals surface area (Å²) in [6.07, 6.45) is -4.34. The highest BCUT2D eigenvalue weighted by atomic mass is 35.5. The van der Waals surface area contributed by atoms with E-state index in [9.17, 15) is 18.0 Å². The number of carbonyl (C=O) groups is 1. The van der Waals surface area contributed by atoms with E-state index in [1.54, 1.807) is 6.92 Å². The maximum Gasteiger partial charge on any atom is 0.416 e. The van der Waals surface area contributed by atoms with Crippen LogP contribution in [0.3, 0.4) is 0 Å². The molecule has 100 valence electrons. The van der Waals surface area contributed by atoms with Gasteiger partial charge in [0, 0.05) is 13.1 Å². The molecule has 0 unspecified atom stereocenters. The van der Waals surface area contributed by atoms with Gasteiger partial charge in [-0.2, -0.15) is 13.2 Å². The molecule has 1 amide bonds. The summed E-state index contributed by atoms with van der Waals surface area (Å²) in [7, 11) is 0. The minimum absolute atomic E-state index is 0.130. The molecule has 0 N–H and O–H groups in total. The van der Waals surface area contributed by atoms with Gasteiger partial charge in [0.1, 0.15) is 5.88 Å². The molecular weight excluding hydrogens is 267 g/mol. The fraction of sp³-hybridized carbons (Fsp3) is 0.417. The topological polar surface area (TPSA) is 20.3 Å². The minimum atomic E-state index is -4.34. The van der Waals surface area contributed by atoms with Crippen molar-refractivity contribution in [2.75, 3.05) is 12.4 Å². The van der Waals surface area contributed by atoms with Crippen molar-refractivity contribution in [2.24, 2.45) is 0 Å². The summed E-state index contributed by atoms with van der Waals surface area (Å²) in [6.45, 7) is 2.52. The van der Waals surface area contributed by atoms with Gasteiger partial charge in [-0.25, -0.2) is 0 Å². The monoisotopic (exact) mass is 279 g/mol. The van der Waals surface area contributed by atoms with Gasteiger partial charge in [-0.1, -0.05) is 12.1 Å². The molecule has 0 saturated heterocycles. The second-order valence-electron chi connectivity index (χ2n) is 3.74. The van der Waals surface area contributed by atoms with Crippen LogP contribution in [0, 0.1) is 0 Å². The Hall–Kier alpha value is -1.23. The molecule has 0 fully saturated rings. The van der Waals surface area contributed by atoms with E-state index in [4.69, 9.17) is 11.6 Å². The number of amides is 1. The molecule has 0 bridgehead atoms. The van der Waals surface area contributed by atoms with Crippen molar-refractivity contribution >= 4 is 17.5 Å². The van der Waals surface area contributed by atoms with Crippen molar-refractivity contribution < 1.29 is 18.0 Å². The summed E-state index contributed by atoms with van der Waals surface area (Å²) in [5.74, 6) is -0.367. The highest BCUT2D eigenvalue weighted by Gasteiger charge is 2.29. The maximum absolute atomic E-state index is 12.3. The van der Waals surface area contributed by atoms with Gasteiger partial charge in [-0.15, -0.1) is 11.6 Å². The predicted molar refractivity (Wildman–Crippen MR) is 63.3 cm³/mol. The molecule has 0 heterocycles. The SMILES string of the molecule is CCN(Cc1ccc(C(F)(F)F)cc1)C(=O)CCl. The number of hydrogen-bond acceptors (Lipinski definition) is 1. The number of rotatable bonds is 4. The van der Waals surface area contributed by atoms with Crippen LogP contribution in [-0.4, -0.2) is 23.2 Å². The third-order valence-corrected chi connectivity index (χ3v) is 2.73. The standard InChI is InChI=1S/C12H13ClF3NO/c1-2-17(11(18)7-13)8-9-3-5-10(6-4-9)12(14,15)16/h3-6H,2,7-8H2,1H3. The smallest absolute Gasteiger partial charge is 0.338 e. The molecule has 0 atom stereocenters. The van der Waals surface area contributed by atoms with E-state index in [1.165, 1.54) is 17.0 Å². The van der Waals surface area contributed by atoms with E-state index < -0.39 is 11.7 Å². The van der Waals surface area contributed by atoms with Gasteiger partial charge in [0.2, 0.25) is 5.91 Å². The first-order valence-corrected chi connectivity index (χ1v) is 5.91. The first kappa shape index (κ1) is 14.8. The number of hydrogen-bond donors (Lipinski definition) is 0. The molecule has 2 nitrogen and oxygen atoms in total. The number of nitrogens with zero attached hydrogens (tertiary/aromatic N) is 1. The Morgan fingerprint density at radius 3 is 2.22 bits per heavy atom. The quantitative estimate of drug-likeness (QED) is 0.775. The lowest BCUT2D eigenvalue weighted by molar-refractivity contribution is -0.137. The number of alkyl halides is 4. The van der Waals surface area contributed by atoms with Gasteiger partial charge in [-0.05, 0) is 24.6 Å². The Labute approximate surface area is 108 Å². The summed E-state index contributed by atoms with van der Waals surface area (Å²) in [4.78, 5) is 12.9. The lowest BCUT2D eigenvalue weighted by Crippen LogP contribution is -2.31. The molecule has 0 saturated carbocycles. The van der Waals surface area contributed by atoms with Crippen molar-refractivity contribution in [1.29, 1.82) is 0 Å². The molecule has 1 aromatic carbocycles. The first-order valence-electron chi connectivity index (χ1n) is 5.38. The van der Waals surface area contributed by atoms with Crippen LogP contribution < -0.4 is 0 Å². The summed E-state index contributed by atoms with van der Waals surface area (Å²) in [5.41, 5.74) is -0.0544. The van der Waals surface area contributed by atoms with E-state index >= 15 is 0 Å². The molecule has 18 heavy (non-hydrogen) atoms. The number of carbonyl (C=O) groups excluding carboxylic acids is 1. The highest BCUT2D eigenvalue weighted by Crippen LogP contribution is 2.29. The molecule has 0 aromatic heterocycles. The Kier molecular flexibility index (Phi) is 5.02. The zero-order chi connectivity index (χ0) is 13.8. The van der Waals surface area contributed by atoms with Gasteiger partial charge in [-0.3, -0.25) is 4.79 Å². The van der Waals surface area contributed by atoms with Crippen LogP contribution in [0.25, 0.3) is 0 Å². The van der Waals surface area contributed by atoms with Crippen LogP contribution in [0.2, 0.25) is 0 Å². The summed E-state index contributed by atoms with van der Waals surface area (Å²) < 4.78 is 37.0. The van der Waals surface area contributed by atoms with Crippen molar-refractivity contribution in [3.05, 3.63) is 35.4 Å². The number of benzene rings is 1. The first-order chi connectivity index (χ1) is 8.38. The van der Waals surface area contributed by atoms with Gasteiger partial charge in [0.25, 0.3) is 0 Å². The molecule has 1 aromatic rings. The van der Waals surface area contributed by atoms with Crippen molar-refractivity contribution in [2.45, 2.75) is 19.6 Å². The lowest BCUT2D eigenvalue weighted by atomic mass is 10.1. The van der Waals surface area contributed by atoms with E-state index in [-0.39, 0.29) is 18.3 Å². The molecule has 6 heteroatoms. The maximum atomic E-state index is 12.3. The van der Waals surface area contributed by atoms with Crippen LogP contribution in [-0.2, 0) is 17.5 Å². The van der Waals surface area contributed by atoms with Gasteiger partial charge >= 0.3 is 6.18 Å². The average Bonchev–Trinajstić information content (AvgIpc) is 2.34. The van der Waals surface area contributed by atoms with Gasteiger partial charge in [0.05, 0.1) is 5.56 Å². The Bertz CT molecular complexity index is 403. The molecule has 0 spiro atoms. The van der Waals surface area contributed by atoms with E-state index in [0.717, 1.165) is 12.1 Å². The van der Waals surface area contributed by atoms with Crippen LogP contribution in [0.15, 0.2) is 24.3 Å². The van der Waals surface area contributed by atoms with E-state index in [1.807, 2.05) is 0 Å². The van der Waals surface area contributed by atoms with Crippen molar-refractivity contribution in [1.82, 2.24) is 4.90 Å². The van der Waals surface area contributed by atoms with Gasteiger partial charge < -0.3 is 4.90 Å². The molecule has 0 radical (unpaired) electrons. The van der Waals surface area contributed by atoms with Crippen molar-refractivity contribution in [3.8, 4) is 0 Å². The largest absolute Gasteiger partial charge is 0.416 e. The normalized spacial score (nSPS) is 11.4. The van der Waals surface area contributed by atoms with Crippen LogP contribution in [0.5, 0.6) is 0 Å². The summed E-state index contributed by atoms with van der Waals surface area (Å²) in [5, 5.41) is 0. The van der Waals surface area contributed by atoms with Crippen molar-refractivity contribution in [3.63, 3.8) is 0 Å². The number of halogens is 4. The molecular formula is C12H13ClF3NO. The molecule has 0 aliphatic heterocycles. The average molecular weight is 280 g/mol. The van der Waals surface area contributed by atoms with Crippen LogP contribution in [0.4, 0.5) is 13.2 Å². The summed E-state index contributed by atoms with van der Waals surface area (Å²) in [6, 6.07) is 4.75. The third-order valence-electron chi connectivity index (χ3n) is 2.50. The summed E-state index contributed by atoms with van der Waals surface area (Å²) >= 11 is 5.44. The Morgan fingerprint density at radius 1 is 1.28 bits per heavy atom. The fourth-order valence-electron chi connectivity index (χ4n) is 1.48.